The van der Waals surface area contributed by atoms with E-state index < -0.39 is 20.4 Å². The van der Waals surface area contributed by atoms with Gasteiger partial charge in [0.15, 0.2) is 0 Å². The molecule has 2 heterocycles. The molecule has 1 aliphatic heterocycles. The van der Waals surface area contributed by atoms with Crippen molar-refractivity contribution in [3.8, 4) is 0 Å². The van der Waals surface area contributed by atoms with Crippen LogP contribution in [0.15, 0.2) is 41.6 Å². The Labute approximate surface area is 151 Å². The number of rotatable bonds is 2. The van der Waals surface area contributed by atoms with E-state index >= 15 is 0 Å². The Balaban J connectivity index is 0.000000431. The highest BCUT2D eigenvalue weighted by Crippen LogP contribution is 2.25. The van der Waals surface area contributed by atoms with Gasteiger partial charge < -0.3 is 5.21 Å². The maximum absolute atomic E-state index is 12.9. The van der Waals surface area contributed by atoms with Crippen LogP contribution in [0.3, 0.4) is 0 Å². The zero-order valence-electron chi connectivity index (χ0n) is 13.6. The van der Waals surface area contributed by atoms with Crippen LogP contribution in [0, 0.1) is 0 Å². The van der Waals surface area contributed by atoms with Crippen molar-refractivity contribution in [2.24, 2.45) is 0 Å². The minimum atomic E-state index is -4.67. The summed E-state index contributed by atoms with van der Waals surface area (Å²) in [6.45, 7) is 1.53. The number of hydrogen-bond donors (Lipinski definition) is 3. The Hall–Kier alpha value is -1.67. The first-order valence-corrected chi connectivity index (χ1v) is 10.4. The second kappa shape index (κ2) is 8.35. The third kappa shape index (κ3) is 5.67. The normalized spacial score (nSPS) is 17.3. The molecule has 0 aliphatic carbocycles. The molecule has 0 spiro atoms. The molecule has 0 atom stereocenters. The van der Waals surface area contributed by atoms with E-state index in [9.17, 15) is 13.6 Å². The van der Waals surface area contributed by atoms with Gasteiger partial charge in [-0.3, -0.25) is 14.1 Å². The Bertz CT molecular complexity index is 950. The van der Waals surface area contributed by atoms with Gasteiger partial charge in [0.2, 0.25) is 10.0 Å². The van der Waals surface area contributed by atoms with E-state index in [0.29, 0.717) is 42.9 Å². The van der Waals surface area contributed by atoms with Crippen LogP contribution >= 0.6 is 0 Å². The van der Waals surface area contributed by atoms with E-state index in [0.717, 1.165) is 5.39 Å². The minimum Gasteiger partial charge on any atom is -0.314 e. The number of pyridine rings is 1. The van der Waals surface area contributed by atoms with E-state index in [4.69, 9.17) is 17.5 Å². The van der Waals surface area contributed by atoms with Crippen LogP contribution in [0.25, 0.3) is 10.8 Å². The number of hydrogen-bond acceptors (Lipinski definition) is 7. The van der Waals surface area contributed by atoms with E-state index in [2.05, 4.69) is 4.98 Å². The Morgan fingerprint density at radius 2 is 1.65 bits per heavy atom. The van der Waals surface area contributed by atoms with Crippen LogP contribution in [0.5, 0.6) is 0 Å². The largest absolute Gasteiger partial charge is 0.394 e. The van der Waals surface area contributed by atoms with Gasteiger partial charge in [0, 0.05) is 49.3 Å². The number of fused-ring (bicyclic) bond motifs is 1. The maximum atomic E-state index is 12.9. The molecule has 144 valence electrons. The number of hydroxylamine groups is 2. The number of aromatic nitrogens is 1. The molecule has 0 radical (unpaired) electrons. The molecule has 0 amide bonds. The average Bonchev–Trinajstić information content (AvgIpc) is 2.78. The first-order valence-electron chi connectivity index (χ1n) is 7.55. The molecule has 2 aromatic rings. The Kier molecular flexibility index (Phi) is 6.63. The van der Waals surface area contributed by atoms with Gasteiger partial charge in [0.05, 0.1) is 4.90 Å². The summed E-state index contributed by atoms with van der Waals surface area (Å²) >= 11 is 0. The number of sulfonamides is 1. The summed E-state index contributed by atoms with van der Waals surface area (Å²) in [5.41, 5.74) is 0. The maximum Gasteiger partial charge on any atom is 0.394 e. The summed E-state index contributed by atoms with van der Waals surface area (Å²) in [7, 11) is -8.23. The zero-order chi connectivity index (χ0) is 19.4. The SMILES string of the molecule is O=S(=O)(O)O.O=S(=O)(c1cccc2cnccc12)N1CCCN(O)CC1. The topological polar surface area (TPSA) is 148 Å². The highest BCUT2D eigenvalue weighted by molar-refractivity contribution is 7.89. The lowest BCUT2D eigenvalue weighted by atomic mass is 10.2. The zero-order valence-corrected chi connectivity index (χ0v) is 15.3. The van der Waals surface area contributed by atoms with Gasteiger partial charge in [-0.1, -0.05) is 12.1 Å². The molecular formula is C14H19N3O7S2. The lowest BCUT2D eigenvalue weighted by Gasteiger charge is -2.20. The quantitative estimate of drug-likeness (QED) is 0.613. The molecule has 1 aromatic heterocycles. The van der Waals surface area contributed by atoms with Crippen LogP contribution in [0.2, 0.25) is 0 Å². The van der Waals surface area contributed by atoms with Gasteiger partial charge in [-0.05, 0) is 18.6 Å². The minimum absolute atomic E-state index is 0.292. The van der Waals surface area contributed by atoms with Crippen LogP contribution in [0.1, 0.15) is 6.42 Å². The molecule has 26 heavy (non-hydrogen) atoms. The van der Waals surface area contributed by atoms with Crippen molar-refractivity contribution in [3.63, 3.8) is 0 Å². The fourth-order valence-electron chi connectivity index (χ4n) is 2.58. The second-order valence-electron chi connectivity index (χ2n) is 5.51. The average molecular weight is 405 g/mol. The molecule has 12 heteroatoms. The van der Waals surface area contributed by atoms with Crippen molar-refractivity contribution in [2.75, 3.05) is 26.2 Å². The van der Waals surface area contributed by atoms with Gasteiger partial charge in [-0.2, -0.15) is 17.8 Å². The predicted molar refractivity (Wildman–Crippen MR) is 92.7 cm³/mol. The summed E-state index contributed by atoms with van der Waals surface area (Å²) < 4.78 is 58.8. The molecule has 0 saturated carbocycles. The van der Waals surface area contributed by atoms with E-state index in [1.807, 2.05) is 6.07 Å². The lowest BCUT2D eigenvalue weighted by molar-refractivity contribution is -0.0854. The standard InChI is InChI=1S/C14H17N3O3S.H2O4S/c18-16-7-2-8-17(10-9-16)21(19,20)14-4-1-3-12-11-15-6-5-13(12)14;1-5(2,3)4/h1,3-6,11,18H,2,7-10H2;(H2,1,2,3,4). The van der Waals surface area contributed by atoms with Gasteiger partial charge >= 0.3 is 10.4 Å². The van der Waals surface area contributed by atoms with Gasteiger partial charge in [0.25, 0.3) is 0 Å². The lowest BCUT2D eigenvalue weighted by Crippen LogP contribution is -2.34. The fraction of sp³-hybridized carbons (Fsp3) is 0.357. The Morgan fingerprint density at radius 1 is 0.962 bits per heavy atom. The molecule has 1 fully saturated rings. The van der Waals surface area contributed by atoms with Crippen molar-refractivity contribution in [1.82, 2.24) is 14.4 Å². The highest BCUT2D eigenvalue weighted by Gasteiger charge is 2.27. The van der Waals surface area contributed by atoms with E-state index in [-0.39, 0.29) is 0 Å². The van der Waals surface area contributed by atoms with Gasteiger partial charge in [-0.25, -0.2) is 8.42 Å². The summed E-state index contributed by atoms with van der Waals surface area (Å²) in [4.78, 5) is 4.33. The van der Waals surface area contributed by atoms with Crippen molar-refractivity contribution in [2.45, 2.75) is 11.3 Å². The van der Waals surface area contributed by atoms with Gasteiger partial charge in [0.1, 0.15) is 0 Å². The summed E-state index contributed by atoms with van der Waals surface area (Å²) in [5, 5.41) is 12.2. The van der Waals surface area contributed by atoms with E-state index in [1.54, 1.807) is 30.6 Å². The Morgan fingerprint density at radius 3 is 2.35 bits per heavy atom. The third-order valence-electron chi connectivity index (χ3n) is 3.69. The molecule has 3 rings (SSSR count). The van der Waals surface area contributed by atoms with Crippen LogP contribution in [0.4, 0.5) is 0 Å². The van der Waals surface area contributed by atoms with Crippen molar-refractivity contribution in [3.05, 3.63) is 36.7 Å². The monoisotopic (exact) mass is 405 g/mol. The summed E-state index contributed by atoms with van der Waals surface area (Å²) in [6, 6.07) is 6.92. The first-order chi connectivity index (χ1) is 12.1. The molecule has 1 saturated heterocycles. The van der Waals surface area contributed by atoms with Crippen LogP contribution in [-0.4, -0.2) is 71.7 Å². The van der Waals surface area contributed by atoms with E-state index in [1.165, 1.54) is 9.37 Å². The predicted octanol–water partition coefficient (Wildman–Crippen LogP) is 0.668. The molecule has 1 aromatic carbocycles. The summed E-state index contributed by atoms with van der Waals surface area (Å²) in [6.07, 6.45) is 3.87. The summed E-state index contributed by atoms with van der Waals surface area (Å²) in [5.74, 6) is 0. The molecule has 10 nitrogen and oxygen atoms in total. The first kappa shape index (κ1) is 20.6. The van der Waals surface area contributed by atoms with Crippen molar-refractivity contribution >= 4 is 31.2 Å². The van der Waals surface area contributed by atoms with Crippen molar-refractivity contribution < 1.29 is 31.1 Å². The highest BCUT2D eigenvalue weighted by atomic mass is 32.3. The van der Waals surface area contributed by atoms with Crippen LogP contribution < -0.4 is 0 Å². The number of benzene rings is 1. The number of nitrogens with zero attached hydrogens (tertiary/aromatic N) is 3. The molecule has 3 N–H and O–H groups in total. The fourth-order valence-corrected chi connectivity index (χ4v) is 4.26. The van der Waals surface area contributed by atoms with Crippen molar-refractivity contribution in [1.29, 1.82) is 0 Å². The third-order valence-corrected chi connectivity index (χ3v) is 5.65. The smallest absolute Gasteiger partial charge is 0.314 e. The second-order valence-corrected chi connectivity index (χ2v) is 8.31. The molecule has 0 unspecified atom stereocenters. The molecular weight excluding hydrogens is 386 g/mol. The van der Waals surface area contributed by atoms with Crippen LogP contribution in [-0.2, 0) is 20.4 Å². The molecule has 0 bridgehead atoms. The van der Waals surface area contributed by atoms with Gasteiger partial charge in [-0.15, -0.1) is 0 Å². The molecule has 1 aliphatic rings.